The van der Waals surface area contributed by atoms with Crippen molar-refractivity contribution in [2.45, 2.75) is 83.8 Å². The molecule has 3 N–H and O–H groups in total. The molecule has 37 heavy (non-hydrogen) atoms. The summed E-state index contributed by atoms with van der Waals surface area (Å²) in [5.41, 5.74) is 1.71. The van der Waals surface area contributed by atoms with Gasteiger partial charge in [-0.3, -0.25) is 0 Å². The van der Waals surface area contributed by atoms with E-state index in [9.17, 15) is 14.4 Å². The SMILES string of the molecule is CNC(=O)OCC[C@@H](OC(=O)NC)[C@H]1CC[C@H]2[C@@H]3CC=C4C[C@H](OC(=O)NC)CC[C@]4(C)[C@H]3CC[C@]12C. The minimum Gasteiger partial charge on any atom is -0.449 e. The first-order valence-corrected chi connectivity index (χ1v) is 14.0. The van der Waals surface area contributed by atoms with Crippen molar-refractivity contribution in [2.75, 3.05) is 27.7 Å². The van der Waals surface area contributed by atoms with Crippen molar-refractivity contribution in [1.82, 2.24) is 16.0 Å². The van der Waals surface area contributed by atoms with E-state index in [2.05, 4.69) is 35.9 Å². The maximum atomic E-state index is 12.2. The average Bonchev–Trinajstić information content (AvgIpc) is 3.25. The lowest BCUT2D eigenvalue weighted by atomic mass is 9.47. The number of hydrogen-bond donors (Lipinski definition) is 3. The second-order valence-corrected chi connectivity index (χ2v) is 11.9. The van der Waals surface area contributed by atoms with E-state index >= 15 is 0 Å². The van der Waals surface area contributed by atoms with Crippen molar-refractivity contribution in [1.29, 1.82) is 0 Å². The molecule has 3 saturated carbocycles. The summed E-state index contributed by atoms with van der Waals surface area (Å²) in [6.45, 7) is 5.06. The van der Waals surface area contributed by atoms with Crippen LogP contribution in [0.25, 0.3) is 0 Å². The van der Waals surface area contributed by atoms with Crippen LogP contribution in [0, 0.1) is 34.5 Å². The molecule has 9 nitrogen and oxygen atoms in total. The van der Waals surface area contributed by atoms with Crippen molar-refractivity contribution in [3.8, 4) is 0 Å². The first-order chi connectivity index (χ1) is 17.7. The van der Waals surface area contributed by atoms with Gasteiger partial charge in [-0.1, -0.05) is 25.5 Å². The van der Waals surface area contributed by atoms with E-state index in [-0.39, 0.29) is 41.7 Å². The maximum Gasteiger partial charge on any atom is 0.407 e. The summed E-state index contributed by atoms with van der Waals surface area (Å²) in [6.07, 6.45) is 9.64. The smallest absolute Gasteiger partial charge is 0.407 e. The molecule has 4 aliphatic rings. The molecule has 8 atom stereocenters. The van der Waals surface area contributed by atoms with Crippen molar-refractivity contribution in [2.24, 2.45) is 34.5 Å². The Labute approximate surface area is 220 Å². The van der Waals surface area contributed by atoms with Gasteiger partial charge in [0, 0.05) is 39.9 Å². The number of allylic oxidation sites excluding steroid dienone is 1. The second kappa shape index (κ2) is 11.1. The molecular weight excluding hydrogens is 474 g/mol. The molecule has 0 aliphatic heterocycles. The van der Waals surface area contributed by atoms with Crippen LogP contribution in [-0.2, 0) is 14.2 Å². The number of rotatable bonds is 6. The molecule has 0 bridgehead atoms. The number of alkyl carbamates (subject to hydrolysis) is 3. The molecule has 0 aromatic rings. The second-order valence-electron chi connectivity index (χ2n) is 11.9. The van der Waals surface area contributed by atoms with E-state index in [1.807, 2.05) is 0 Å². The Hall–Kier alpha value is -2.45. The summed E-state index contributed by atoms with van der Waals surface area (Å²) < 4.78 is 16.8. The summed E-state index contributed by atoms with van der Waals surface area (Å²) in [5.74, 6) is 2.04. The van der Waals surface area contributed by atoms with Gasteiger partial charge in [0.25, 0.3) is 0 Å². The van der Waals surface area contributed by atoms with E-state index in [1.54, 1.807) is 14.1 Å². The molecule has 3 fully saturated rings. The van der Waals surface area contributed by atoms with E-state index in [0.717, 1.165) is 51.4 Å². The van der Waals surface area contributed by atoms with Gasteiger partial charge in [-0.2, -0.15) is 0 Å². The summed E-state index contributed by atoms with van der Waals surface area (Å²) in [6, 6.07) is 0. The van der Waals surface area contributed by atoms with Gasteiger partial charge in [-0.15, -0.1) is 0 Å². The van der Waals surface area contributed by atoms with Gasteiger partial charge < -0.3 is 30.2 Å². The third kappa shape index (κ3) is 5.28. The van der Waals surface area contributed by atoms with E-state index < -0.39 is 12.2 Å². The van der Waals surface area contributed by atoms with Crippen LogP contribution in [0.4, 0.5) is 14.4 Å². The summed E-state index contributed by atoms with van der Waals surface area (Å²) >= 11 is 0. The quantitative estimate of drug-likeness (QED) is 0.344. The van der Waals surface area contributed by atoms with Crippen LogP contribution in [0.3, 0.4) is 0 Å². The van der Waals surface area contributed by atoms with Crippen molar-refractivity contribution in [3.63, 3.8) is 0 Å². The molecular formula is C28H45N3O6. The number of nitrogens with one attached hydrogen (secondary N) is 3. The molecule has 0 aromatic carbocycles. The number of fused-ring (bicyclic) bond motifs is 5. The zero-order chi connectivity index (χ0) is 26.8. The molecule has 3 amide bonds. The summed E-state index contributed by atoms with van der Waals surface area (Å²) in [7, 11) is 4.71. The number of carbonyl (C=O) groups is 3. The summed E-state index contributed by atoms with van der Waals surface area (Å²) in [4.78, 5) is 35.6. The molecule has 208 valence electrons. The van der Waals surface area contributed by atoms with Crippen LogP contribution in [0.5, 0.6) is 0 Å². The maximum absolute atomic E-state index is 12.2. The van der Waals surface area contributed by atoms with E-state index in [1.165, 1.54) is 12.6 Å². The number of amides is 3. The highest BCUT2D eigenvalue weighted by Gasteiger charge is 2.60. The first-order valence-electron chi connectivity index (χ1n) is 14.0. The largest absolute Gasteiger partial charge is 0.449 e. The molecule has 0 saturated heterocycles. The van der Waals surface area contributed by atoms with Gasteiger partial charge in [0.05, 0.1) is 6.61 Å². The normalized spacial score (nSPS) is 37.0. The van der Waals surface area contributed by atoms with Crippen molar-refractivity contribution >= 4 is 18.3 Å². The fourth-order valence-electron chi connectivity index (χ4n) is 8.47. The monoisotopic (exact) mass is 519 g/mol. The average molecular weight is 520 g/mol. The highest BCUT2D eigenvalue weighted by atomic mass is 16.6. The lowest BCUT2D eigenvalue weighted by Crippen LogP contribution is -2.52. The van der Waals surface area contributed by atoms with Crippen LogP contribution in [0.15, 0.2) is 11.6 Å². The fraction of sp³-hybridized carbons (Fsp3) is 0.821. The van der Waals surface area contributed by atoms with Crippen LogP contribution in [0.2, 0.25) is 0 Å². The summed E-state index contributed by atoms with van der Waals surface area (Å²) in [5, 5.41) is 7.64. The van der Waals surface area contributed by atoms with E-state index in [4.69, 9.17) is 14.2 Å². The Morgan fingerprint density at radius 1 is 0.946 bits per heavy atom. The van der Waals surface area contributed by atoms with Crippen molar-refractivity contribution in [3.05, 3.63) is 11.6 Å². The number of hydrogen-bond acceptors (Lipinski definition) is 6. The highest BCUT2D eigenvalue weighted by molar-refractivity contribution is 5.67. The topological polar surface area (TPSA) is 115 Å². The Balaban J connectivity index is 1.49. The Bertz CT molecular complexity index is 908. The zero-order valence-corrected chi connectivity index (χ0v) is 23.1. The molecule has 0 aromatic heterocycles. The lowest BCUT2D eigenvalue weighted by molar-refractivity contribution is -0.0753. The van der Waals surface area contributed by atoms with Gasteiger partial charge in [-0.25, -0.2) is 14.4 Å². The Kier molecular flexibility index (Phi) is 8.29. The van der Waals surface area contributed by atoms with E-state index in [0.29, 0.717) is 24.2 Å². The van der Waals surface area contributed by atoms with Gasteiger partial charge >= 0.3 is 18.3 Å². The lowest BCUT2D eigenvalue weighted by Gasteiger charge is -2.58. The fourth-order valence-corrected chi connectivity index (χ4v) is 8.47. The van der Waals surface area contributed by atoms with Gasteiger partial charge in [0.1, 0.15) is 12.2 Å². The Morgan fingerprint density at radius 3 is 2.38 bits per heavy atom. The molecule has 4 aliphatic carbocycles. The molecule has 4 rings (SSSR count). The Morgan fingerprint density at radius 2 is 1.68 bits per heavy atom. The van der Waals surface area contributed by atoms with Crippen molar-refractivity contribution < 1.29 is 28.6 Å². The molecule has 0 radical (unpaired) electrons. The predicted octanol–water partition coefficient (Wildman–Crippen LogP) is 4.76. The predicted molar refractivity (Wildman–Crippen MR) is 139 cm³/mol. The third-order valence-corrected chi connectivity index (χ3v) is 10.4. The van der Waals surface area contributed by atoms with Gasteiger partial charge in [0.15, 0.2) is 0 Å². The third-order valence-electron chi connectivity index (χ3n) is 10.4. The van der Waals surface area contributed by atoms with Crippen LogP contribution < -0.4 is 16.0 Å². The molecule has 0 unspecified atom stereocenters. The van der Waals surface area contributed by atoms with Crippen LogP contribution in [0.1, 0.15) is 71.6 Å². The van der Waals surface area contributed by atoms with Gasteiger partial charge in [-0.05, 0) is 73.5 Å². The standard InChI is InChI=1S/C28H45N3O6/c1-27-13-10-18(36-25(33)30-4)16-17(27)6-7-19-20-8-9-22(28(20,2)14-11-21(19)27)23(37-26(34)31-5)12-15-35-24(32)29-3/h6,18-23H,7-16H2,1-5H3,(H,29,32)(H,30,33)(H,31,34)/t18-,19+,20+,21+,22-,23-,27+,28+/m1/s1. The minimum absolute atomic E-state index is 0.0415. The minimum atomic E-state index is -0.469. The number of ether oxygens (including phenoxy) is 3. The first kappa shape index (κ1) is 27.6. The van der Waals surface area contributed by atoms with Crippen LogP contribution in [-0.4, -0.2) is 58.2 Å². The molecule has 0 heterocycles. The van der Waals surface area contributed by atoms with Gasteiger partial charge in [0.2, 0.25) is 0 Å². The molecule has 0 spiro atoms. The zero-order valence-electron chi connectivity index (χ0n) is 23.1. The molecule has 9 heteroatoms. The highest BCUT2D eigenvalue weighted by Crippen LogP contribution is 2.67. The number of carbonyl (C=O) groups excluding carboxylic acids is 3. The van der Waals surface area contributed by atoms with Crippen LogP contribution >= 0.6 is 0 Å².